The Bertz CT molecular complexity index is 264. The van der Waals surface area contributed by atoms with Crippen molar-refractivity contribution in [3.63, 3.8) is 0 Å². The van der Waals surface area contributed by atoms with E-state index in [1.54, 1.807) is 0 Å². The summed E-state index contributed by atoms with van der Waals surface area (Å²) in [7, 11) is 0. The van der Waals surface area contributed by atoms with Gasteiger partial charge in [0.05, 0.1) is 0 Å². The maximum Gasteiger partial charge on any atom is 0.148 e. The Balaban J connectivity index is 2.37. The molecule has 11 heavy (non-hydrogen) atoms. The maximum atomic E-state index is 5.68. The summed E-state index contributed by atoms with van der Waals surface area (Å²) < 4.78 is 0. The van der Waals surface area contributed by atoms with Crippen LogP contribution in [0, 0.1) is 5.92 Å². The Kier molecular flexibility index (Phi) is 1.37. The predicted molar refractivity (Wildman–Crippen MR) is 44.2 cm³/mol. The van der Waals surface area contributed by atoms with Gasteiger partial charge in [0.15, 0.2) is 0 Å². The molecule has 3 nitrogen and oxygen atoms in total. The fraction of sp³-hybridized carbons (Fsp3) is 0.625. The lowest BCUT2D eigenvalue weighted by Gasteiger charge is -2.16. The first-order valence-corrected chi connectivity index (χ1v) is 4.09. The van der Waals surface area contributed by atoms with E-state index in [0.717, 1.165) is 18.8 Å². The molecule has 2 rings (SSSR count). The summed E-state index contributed by atoms with van der Waals surface area (Å²) in [5.74, 6) is 1.47. The summed E-state index contributed by atoms with van der Waals surface area (Å²) in [5, 5.41) is 6.96. The third kappa shape index (κ3) is 1.00. The Morgan fingerprint density at radius 3 is 3.27 bits per heavy atom. The molecule has 1 aromatic heterocycles. The average Bonchev–Trinajstić information content (AvgIpc) is 2.33. The van der Waals surface area contributed by atoms with E-state index in [1.165, 1.54) is 17.7 Å². The fourth-order valence-corrected chi connectivity index (χ4v) is 1.69. The van der Waals surface area contributed by atoms with E-state index in [1.807, 2.05) is 0 Å². The number of nitrogens with two attached hydrogens (primary N) is 1. The van der Waals surface area contributed by atoms with Crippen molar-refractivity contribution in [2.45, 2.75) is 26.2 Å². The van der Waals surface area contributed by atoms with Crippen LogP contribution in [0.25, 0.3) is 0 Å². The van der Waals surface area contributed by atoms with E-state index in [4.69, 9.17) is 5.73 Å². The molecule has 3 heteroatoms. The number of aromatic nitrogens is 2. The first kappa shape index (κ1) is 6.70. The van der Waals surface area contributed by atoms with Crippen LogP contribution in [-0.2, 0) is 12.8 Å². The monoisotopic (exact) mass is 151 g/mol. The number of H-pyrrole nitrogens is 1. The summed E-state index contributed by atoms with van der Waals surface area (Å²) in [6, 6.07) is 0. The Morgan fingerprint density at radius 1 is 1.64 bits per heavy atom. The number of fused-ring (bicyclic) bond motifs is 1. The number of rotatable bonds is 0. The van der Waals surface area contributed by atoms with E-state index in [2.05, 4.69) is 17.1 Å². The number of anilines is 1. The fourth-order valence-electron chi connectivity index (χ4n) is 1.69. The van der Waals surface area contributed by atoms with Crippen molar-refractivity contribution < 1.29 is 0 Å². The normalized spacial score (nSPS) is 23.2. The third-order valence-electron chi connectivity index (χ3n) is 2.42. The highest BCUT2D eigenvalue weighted by atomic mass is 15.2. The third-order valence-corrected chi connectivity index (χ3v) is 2.42. The van der Waals surface area contributed by atoms with Gasteiger partial charge in [-0.2, -0.15) is 5.10 Å². The predicted octanol–water partition coefficient (Wildman–Crippen LogP) is 1.12. The summed E-state index contributed by atoms with van der Waals surface area (Å²) in [5.41, 5.74) is 8.19. The van der Waals surface area contributed by atoms with E-state index >= 15 is 0 Å². The van der Waals surface area contributed by atoms with E-state index in [9.17, 15) is 0 Å². The standard InChI is InChI=1S/C8H13N3/c1-5-2-3-7-6(4-5)8(9)11-10-7/h5H,2-4H2,1H3,(H3,9,10,11). The number of nitrogens with one attached hydrogen (secondary N) is 1. The molecule has 0 aliphatic heterocycles. The lowest BCUT2D eigenvalue weighted by atomic mass is 9.89. The molecule has 1 heterocycles. The summed E-state index contributed by atoms with van der Waals surface area (Å²) in [6.07, 6.45) is 3.47. The molecule has 0 radical (unpaired) electrons. The minimum Gasteiger partial charge on any atom is -0.382 e. The lowest BCUT2D eigenvalue weighted by molar-refractivity contribution is 0.498. The Labute approximate surface area is 66.0 Å². The van der Waals surface area contributed by atoms with Gasteiger partial charge >= 0.3 is 0 Å². The Morgan fingerprint density at radius 2 is 2.45 bits per heavy atom. The largest absolute Gasteiger partial charge is 0.382 e. The molecule has 1 aliphatic carbocycles. The topological polar surface area (TPSA) is 54.7 Å². The van der Waals surface area contributed by atoms with Gasteiger partial charge < -0.3 is 5.73 Å². The quantitative estimate of drug-likeness (QED) is 0.583. The molecule has 0 amide bonds. The van der Waals surface area contributed by atoms with Gasteiger partial charge in [-0.15, -0.1) is 0 Å². The van der Waals surface area contributed by atoms with Crippen LogP contribution >= 0.6 is 0 Å². The smallest absolute Gasteiger partial charge is 0.148 e. The van der Waals surface area contributed by atoms with Crippen LogP contribution in [-0.4, -0.2) is 10.2 Å². The molecule has 60 valence electrons. The molecule has 1 aromatic rings. The van der Waals surface area contributed by atoms with Gasteiger partial charge in [-0.05, 0) is 25.2 Å². The highest BCUT2D eigenvalue weighted by Gasteiger charge is 2.19. The van der Waals surface area contributed by atoms with Crippen molar-refractivity contribution in [3.8, 4) is 0 Å². The molecule has 0 bridgehead atoms. The van der Waals surface area contributed by atoms with Crippen LogP contribution in [0.15, 0.2) is 0 Å². The summed E-state index contributed by atoms with van der Waals surface area (Å²) >= 11 is 0. The van der Waals surface area contributed by atoms with Gasteiger partial charge in [-0.1, -0.05) is 6.92 Å². The molecule has 1 unspecified atom stereocenters. The molecule has 3 N–H and O–H groups in total. The van der Waals surface area contributed by atoms with Crippen LogP contribution in [0.4, 0.5) is 5.82 Å². The summed E-state index contributed by atoms with van der Waals surface area (Å²) in [4.78, 5) is 0. The number of nitrogen functional groups attached to an aromatic ring is 1. The van der Waals surface area contributed by atoms with Crippen LogP contribution in [0.3, 0.4) is 0 Å². The zero-order valence-corrected chi connectivity index (χ0v) is 6.72. The molecule has 0 aromatic carbocycles. The van der Waals surface area contributed by atoms with E-state index in [0.29, 0.717) is 5.82 Å². The van der Waals surface area contributed by atoms with Gasteiger partial charge in [-0.25, -0.2) is 0 Å². The number of nitrogens with zero attached hydrogens (tertiary/aromatic N) is 1. The maximum absolute atomic E-state index is 5.68. The van der Waals surface area contributed by atoms with Crippen molar-refractivity contribution in [1.82, 2.24) is 10.2 Å². The molecule has 0 saturated carbocycles. The van der Waals surface area contributed by atoms with Crippen molar-refractivity contribution in [1.29, 1.82) is 0 Å². The SMILES string of the molecule is CC1CCc2[nH]nc(N)c2C1. The number of aromatic amines is 1. The second kappa shape index (κ2) is 2.26. The molecule has 1 aliphatic rings. The van der Waals surface area contributed by atoms with Crippen molar-refractivity contribution >= 4 is 5.82 Å². The lowest BCUT2D eigenvalue weighted by Crippen LogP contribution is -2.11. The van der Waals surface area contributed by atoms with Gasteiger partial charge in [0.25, 0.3) is 0 Å². The van der Waals surface area contributed by atoms with Crippen LogP contribution in [0.1, 0.15) is 24.6 Å². The van der Waals surface area contributed by atoms with Gasteiger partial charge in [0.1, 0.15) is 5.82 Å². The minimum atomic E-state index is 0.701. The Hall–Kier alpha value is -0.990. The van der Waals surface area contributed by atoms with E-state index < -0.39 is 0 Å². The van der Waals surface area contributed by atoms with Crippen molar-refractivity contribution in [2.24, 2.45) is 5.92 Å². The second-order valence-corrected chi connectivity index (χ2v) is 3.41. The first-order chi connectivity index (χ1) is 5.27. The summed E-state index contributed by atoms with van der Waals surface area (Å²) in [6.45, 7) is 2.26. The number of hydrogen-bond donors (Lipinski definition) is 2. The van der Waals surface area contributed by atoms with Crippen molar-refractivity contribution in [3.05, 3.63) is 11.3 Å². The zero-order valence-electron chi connectivity index (χ0n) is 6.72. The molecule has 0 fully saturated rings. The highest BCUT2D eigenvalue weighted by Crippen LogP contribution is 2.26. The van der Waals surface area contributed by atoms with Gasteiger partial charge in [0.2, 0.25) is 0 Å². The molecule has 0 spiro atoms. The first-order valence-electron chi connectivity index (χ1n) is 4.09. The zero-order chi connectivity index (χ0) is 7.84. The van der Waals surface area contributed by atoms with Gasteiger partial charge in [-0.3, -0.25) is 5.10 Å². The van der Waals surface area contributed by atoms with Gasteiger partial charge in [0, 0.05) is 11.3 Å². The van der Waals surface area contributed by atoms with E-state index in [-0.39, 0.29) is 0 Å². The van der Waals surface area contributed by atoms with Crippen LogP contribution in [0.5, 0.6) is 0 Å². The molecular formula is C8H13N3. The number of hydrogen-bond acceptors (Lipinski definition) is 2. The van der Waals surface area contributed by atoms with Crippen LogP contribution < -0.4 is 5.73 Å². The van der Waals surface area contributed by atoms with Crippen molar-refractivity contribution in [2.75, 3.05) is 5.73 Å². The molecule has 1 atom stereocenters. The number of aryl methyl sites for hydroxylation is 1. The molecule has 0 saturated heterocycles. The average molecular weight is 151 g/mol. The second-order valence-electron chi connectivity index (χ2n) is 3.41. The molecular weight excluding hydrogens is 138 g/mol. The minimum absolute atomic E-state index is 0.701. The van der Waals surface area contributed by atoms with Crippen LogP contribution in [0.2, 0.25) is 0 Å². The highest BCUT2D eigenvalue weighted by molar-refractivity contribution is 5.43.